The summed E-state index contributed by atoms with van der Waals surface area (Å²) in [5.41, 5.74) is 1.23. The van der Waals surface area contributed by atoms with Gasteiger partial charge in [-0.05, 0) is 29.8 Å². The molecule has 27 heavy (non-hydrogen) atoms. The largest absolute Gasteiger partial charge is 0.338 e. The van der Waals surface area contributed by atoms with Crippen LogP contribution in [0.5, 0.6) is 0 Å². The fourth-order valence-electron chi connectivity index (χ4n) is 2.30. The zero-order chi connectivity index (χ0) is 19.6. The summed E-state index contributed by atoms with van der Waals surface area (Å²) in [6.07, 6.45) is 0. The fourth-order valence-corrected chi connectivity index (χ4v) is 4.42. The zero-order valence-electron chi connectivity index (χ0n) is 14.1. The molecule has 0 atom stereocenters. The van der Waals surface area contributed by atoms with Crippen molar-refractivity contribution < 1.29 is 12.9 Å². The van der Waals surface area contributed by atoms with Gasteiger partial charge in [0.1, 0.15) is 0 Å². The van der Waals surface area contributed by atoms with Crippen LogP contribution < -0.4 is 0 Å². The molecule has 0 radical (unpaired) electrons. The van der Waals surface area contributed by atoms with E-state index in [1.807, 2.05) is 24.3 Å². The van der Waals surface area contributed by atoms with E-state index in [0.29, 0.717) is 21.4 Å². The Bertz CT molecular complexity index is 1070. The summed E-state index contributed by atoms with van der Waals surface area (Å²) in [5, 5.41) is 4.65. The topological polar surface area (TPSA) is 76.3 Å². The molecule has 3 aromatic rings. The molecule has 0 aliphatic rings. The van der Waals surface area contributed by atoms with Crippen LogP contribution in [-0.4, -0.2) is 29.9 Å². The molecule has 0 spiro atoms. The van der Waals surface area contributed by atoms with E-state index >= 15 is 0 Å². The van der Waals surface area contributed by atoms with Crippen LogP contribution in [0.3, 0.4) is 0 Å². The van der Waals surface area contributed by atoms with Gasteiger partial charge in [-0.2, -0.15) is 9.29 Å². The van der Waals surface area contributed by atoms with Gasteiger partial charge in [-0.25, -0.2) is 8.42 Å². The van der Waals surface area contributed by atoms with Crippen molar-refractivity contribution in [1.29, 1.82) is 0 Å². The molecule has 6 nitrogen and oxygen atoms in total. The van der Waals surface area contributed by atoms with E-state index < -0.39 is 10.0 Å². The van der Waals surface area contributed by atoms with Gasteiger partial charge < -0.3 is 4.52 Å². The zero-order valence-corrected chi connectivity index (χ0v) is 18.0. The van der Waals surface area contributed by atoms with Gasteiger partial charge in [0.2, 0.25) is 21.7 Å². The Balaban J connectivity index is 1.73. The lowest BCUT2D eigenvalue weighted by Gasteiger charge is -2.15. The monoisotopic (exact) mass is 489 g/mol. The van der Waals surface area contributed by atoms with Crippen LogP contribution in [0.25, 0.3) is 11.4 Å². The van der Waals surface area contributed by atoms with Gasteiger partial charge in [0.05, 0.1) is 12.3 Å². The predicted molar refractivity (Wildman–Crippen MR) is 108 cm³/mol. The second-order valence-corrected chi connectivity index (χ2v) is 9.61. The molecule has 0 saturated heterocycles. The Kier molecular flexibility index (Phi) is 6.22. The standard InChI is InChI=1S/C17H14BrCl2N3O3S/c1-23(27(24,25)10-12-5-6-14(19)8-15(12)20)9-16-21-17(22-26-16)11-3-2-4-13(18)7-11/h2-8H,9-10H2,1H3. The van der Waals surface area contributed by atoms with Crippen molar-refractivity contribution in [2.45, 2.75) is 12.3 Å². The number of halogens is 3. The second kappa shape index (κ2) is 8.28. The van der Waals surface area contributed by atoms with E-state index in [1.54, 1.807) is 12.1 Å². The van der Waals surface area contributed by atoms with Crippen LogP contribution in [0.2, 0.25) is 10.0 Å². The third-order valence-corrected chi connectivity index (χ3v) is 6.57. The molecule has 0 N–H and O–H groups in total. The molecule has 0 bridgehead atoms. The van der Waals surface area contributed by atoms with Crippen molar-refractivity contribution in [1.82, 2.24) is 14.4 Å². The third kappa shape index (κ3) is 5.08. The number of hydrogen-bond donors (Lipinski definition) is 0. The molecule has 0 aliphatic heterocycles. The molecular formula is C17H14BrCl2N3O3S. The Hall–Kier alpha value is -1.45. The summed E-state index contributed by atoms with van der Waals surface area (Å²) in [5.74, 6) is 0.322. The van der Waals surface area contributed by atoms with Gasteiger partial charge in [-0.15, -0.1) is 0 Å². The summed E-state index contributed by atoms with van der Waals surface area (Å²) in [6.45, 7) is -0.0471. The van der Waals surface area contributed by atoms with Crippen molar-refractivity contribution in [2.24, 2.45) is 0 Å². The molecule has 3 rings (SSSR count). The lowest BCUT2D eigenvalue weighted by Crippen LogP contribution is -2.28. The Morgan fingerprint density at radius 2 is 1.96 bits per heavy atom. The molecule has 1 aromatic heterocycles. The maximum absolute atomic E-state index is 12.6. The lowest BCUT2D eigenvalue weighted by molar-refractivity contribution is 0.336. The minimum absolute atomic E-state index is 0.0471. The first-order valence-corrected chi connectivity index (χ1v) is 10.9. The number of aromatic nitrogens is 2. The SMILES string of the molecule is CN(Cc1nc(-c2cccc(Br)c2)no1)S(=O)(=O)Cc1ccc(Cl)cc1Cl. The average molecular weight is 491 g/mol. The van der Waals surface area contributed by atoms with Crippen LogP contribution in [0.1, 0.15) is 11.5 Å². The highest BCUT2D eigenvalue weighted by Crippen LogP contribution is 2.24. The number of rotatable bonds is 6. The highest BCUT2D eigenvalue weighted by Gasteiger charge is 2.23. The van der Waals surface area contributed by atoms with Crippen LogP contribution in [0.4, 0.5) is 0 Å². The summed E-state index contributed by atoms with van der Waals surface area (Å²) in [4.78, 5) is 4.26. The second-order valence-electron chi connectivity index (χ2n) is 5.77. The van der Waals surface area contributed by atoms with Gasteiger partial charge in [0.15, 0.2) is 0 Å². The fraction of sp³-hybridized carbons (Fsp3) is 0.176. The maximum Gasteiger partial charge on any atom is 0.242 e. The quantitative estimate of drug-likeness (QED) is 0.497. The van der Waals surface area contributed by atoms with E-state index in [0.717, 1.165) is 14.3 Å². The number of sulfonamides is 1. The summed E-state index contributed by atoms with van der Waals surface area (Å²) < 4.78 is 32.4. The van der Waals surface area contributed by atoms with Crippen molar-refractivity contribution in [2.75, 3.05) is 7.05 Å². The normalized spacial score (nSPS) is 11.9. The number of hydrogen-bond acceptors (Lipinski definition) is 5. The van der Waals surface area contributed by atoms with Gasteiger partial charge >= 0.3 is 0 Å². The number of nitrogens with zero attached hydrogens (tertiary/aromatic N) is 3. The molecule has 142 valence electrons. The van der Waals surface area contributed by atoms with E-state index in [1.165, 1.54) is 13.1 Å². The van der Waals surface area contributed by atoms with Crippen LogP contribution in [0.15, 0.2) is 51.5 Å². The molecule has 1 heterocycles. The Morgan fingerprint density at radius 3 is 2.67 bits per heavy atom. The molecule has 2 aromatic carbocycles. The van der Waals surface area contributed by atoms with Crippen LogP contribution >= 0.6 is 39.1 Å². The maximum atomic E-state index is 12.6. The van der Waals surface area contributed by atoms with Crippen molar-refractivity contribution in [3.05, 3.63) is 68.4 Å². The first-order chi connectivity index (χ1) is 12.7. The summed E-state index contributed by atoms with van der Waals surface area (Å²) in [7, 11) is -2.19. The highest BCUT2D eigenvalue weighted by atomic mass is 79.9. The molecule has 0 saturated carbocycles. The van der Waals surface area contributed by atoms with Crippen molar-refractivity contribution in [3.63, 3.8) is 0 Å². The molecule has 0 amide bonds. The molecular weight excluding hydrogens is 477 g/mol. The summed E-state index contributed by atoms with van der Waals surface area (Å²) in [6, 6.07) is 12.1. The molecule has 0 unspecified atom stereocenters. The average Bonchev–Trinajstić information content (AvgIpc) is 3.06. The molecule has 0 fully saturated rings. The van der Waals surface area contributed by atoms with Crippen molar-refractivity contribution in [3.8, 4) is 11.4 Å². The van der Waals surface area contributed by atoms with Gasteiger partial charge in [0.25, 0.3) is 0 Å². The molecule has 0 aliphatic carbocycles. The van der Waals surface area contributed by atoms with Gasteiger partial charge in [-0.3, -0.25) is 0 Å². The van der Waals surface area contributed by atoms with Crippen LogP contribution in [-0.2, 0) is 22.3 Å². The minimum Gasteiger partial charge on any atom is -0.338 e. The van der Waals surface area contributed by atoms with Gasteiger partial charge in [0, 0.05) is 27.1 Å². The molecule has 10 heteroatoms. The van der Waals surface area contributed by atoms with E-state index in [9.17, 15) is 8.42 Å². The minimum atomic E-state index is -3.64. The van der Waals surface area contributed by atoms with E-state index in [4.69, 9.17) is 27.7 Å². The third-order valence-electron chi connectivity index (χ3n) is 3.74. The van der Waals surface area contributed by atoms with Crippen LogP contribution in [0, 0.1) is 0 Å². The van der Waals surface area contributed by atoms with Gasteiger partial charge in [-0.1, -0.05) is 62.5 Å². The first kappa shape index (κ1) is 20.3. The smallest absolute Gasteiger partial charge is 0.242 e. The predicted octanol–water partition coefficient (Wildman–Crippen LogP) is 4.77. The lowest BCUT2D eigenvalue weighted by atomic mass is 10.2. The Labute approximate surface area is 175 Å². The van der Waals surface area contributed by atoms with Crippen molar-refractivity contribution >= 4 is 49.2 Å². The summed E-state index contributed by atoms with van der Waals surface area (Å²) >= 11 is 15.3. The van der Waals surface area contributed by atoms with E-state index in [2.05, 4.69) is 26.1 Å². The highest BCUT2D eigenvalue weighted by molar-refractivity contribution is 9.10. The number of benzene rings is 2. The Morgan fingerprint density at radius 1 is 1.19 bits per heavy atom. The van der Waals surface area contributed by atoms with E-state index in [-0.39, 0.29) is 18.2 Å². The first-order valence-electron chi connectivity index (χ1n) is 7.71.